The van der Waals surface area contributed by atoms with Crippen LogP contribution in [0, 0.1) is 0 Å². The summed E-state index contributed by atoms with van der Waals surface area (Å²) >= 11 is 3.93. The average molecular weight is 213 g/mol. The van der Waals surface area contributed by atoms with Crippen LogP contribution in [0.25, 0.3) is 0 Å². The van der Waals surface area contributed by atoms with E-state index in [9.17, 15) is 4.79 Å². The van der Waals surface area contributed by atoms with E-state index >= 15 is 0 Å². The van der Waals surface area contributed by atoms with Crippen molar-refractivity contribution in [1.82, 2.24) is 4.98 Å². The fraction of sp³-hybridized carbons (Fsp3) is 0.222. The Balaban J connectivity index is 2.50. The molecular formula is C9H11NO3S. The molecule has 0 unspecified atom stereocenters. The summed E-state index contributed by atoms with van der Waals surface area (Å²) in [4.78, 5) is 14.2. The number of esters is 1. The van der Waals surface area contributed by atoms with E-state index in [0.29, 0.717) is 12.3 Å². The summed E-state index contributed by atoms with van der Waals surface area (Å²) in [5, 5.41) is 8.52. The van der Waals surface area contributed by atoms with Gasteiger partial charge in [0.15, 0.2) is 0 Å². The van der Waals surface area contributed by atoms with Gasteiger partial charge in [-0.25, -0.2) is 4.79 Å². The molecule has 0 bridgehead atoms. The molecule has 0 amide bonds. The lowest BCUT2D eigenvalue weighted by Crippen LogP contribution is -2.08. The van der Waals surface area contributed by atoms with Gasteiger partial charge in [-0.1, -0.05) is 6.08 Å². The molecule has 14 heavy (non-hydrogen) atoms. The first kappa shape index (κ1) is 10.9. The molecule has 1 aromatic heterocycles. The minimum atomic E-state index is -0.538. The number of aromatic nitrogens is 1. The van der Waals surface area contributed by atoms with Crippen molar-refractivity contribution < 1.29 is 14.6 Å². The van der Waals surface area contributed by atoms with Gasteiger partial charge < -0.3 is 14.8 Å². The summed E-state index contributed by atoms with van der Waals surface area (Å²) < 4.78 is 4.89. The van der Waals surface area contributed by atoms with Crippen LogP contribution >= 0.6 is 12.6 Å². The highest BCUT2D eigenvalue weighted by atomic mass is 32.1. The first-order chi connectivity index (χ1) is 6.74. The number of hydrogen-bond donors (Lipinski definition) is 3. The second-order valence-electron chi connectivity index (χ2n) is 2.53. The van der Waals surface area contributed by atoms with Crippen LogP contribution in [0.15, 0.2) is 29.3 Å². The number of ether oxygens (including phenoxy) is 1. The van der Waals surface area contributed by atoms with Gasteiger partial charge in [0.1, 0.15) is 0 Å². The Hall–Kier alpha value is -1.20. The molecule has 0 aliphatic carbocycles. The van der Waals surface area contributed by atoms with Crippen molar-refractivity contribution in [3.63, 3.8) is 0 Å². The first-order valence-electron chi connectivity index (χ1n) is 4.09. The minimum absolute atomic E-state index is 0.0140. The predicted octanol–water partition coefficient (Wildman–Crippen LogP) is 1.12. The maximum atomic E-state index is 11.2. The number of aliphatic hydroxyl groups excluding tert-OH is 1. The smallest absolute Gasteiger partial charge is 0.350 e. The van der Waals surface area contributed by atoms with Gasteiger partial charge in [-0.2, -0.15) is 0 Å². The summed E-state index contributed by atoms with van der Waals surface area (Å²) in [5.74, 6) is -0.164. The van der Waals surface area contributed by atoms with Crippen LogP contribution < -0.4 is 4.74 Å². The summed E-state index contributed by atoms with van der Waals surface area (Å²) in [6, 6.07) is 3.35. The standard InChI is InChI=1S/C9H11NO3S/c11-6-2-3-7(14)9(12)13-8-4-1-5-10-8/h1,3-5,10-11,14H,2,6H2. The molecule has 2 N–H and O–H groups in total. The Kier molecular flexibility index (Phi) is 4.28. The lowest BCUT2D eigenvalue weighted by molar-refractivity contribution is -0.129. The van der Waals surface area contributed by atoms with E-state index in [1.165, 1.54) is 6.08 Å². The minimum Gasteiger partial charge on any atom is -0.406 e. The Morgan fingerprint density at radius 2 is 2.50 bits per heavy atom. The quantitative estimate of drug-likeness (QED) is 0.399. The van der Waals surface area contributed by atoms with E-state index in [4.69, 9.17) is 9.84 Å². The Morgan fingerprint density at radius 1 is 1.71 bits per heavy atom. The lowest BCUT2D eigenvalue weighted by Gasteiger charge is -2.00. The highest BCUT2D eigenvalue weighted by Crippen LogP contribution is 2.10. The molecule has 0 fully saturated rings. The van der Waals surface area contributed by atoms with Crippen LogP contribution in [0.2, 0.25) is 0 Å². The van der Waals surface area contributed by atoms with E-state index in [-0.39, 0.29) is 11.5 Å². The molecule has 0 aliphatic heterocycles. The molecule has 76 valence electrons. The van der Waals surface area contributed by atoms with Crippen molar-refractivity contribution in [2.45, 2.75) is 6.42 Å². The van der Waals surface area contributed by atoms with Gasteiger partial charge in [0.25, 0.3) is 0 Å². The number of aliphatic hydroxyl groups is 1. The van der Waals surface area contributed by atoms with Crippen LogP contribution in [0.1, 0.15) is 6.42 Å². The third kappa shape index (κ3) is 3.27. The van der Waals surface area contributed by atoms with Crippen LogP contribution in [0.4, 0.5) is 0 Å². The molecule has 0 saturated carbocycles. The Labute approximate surface area is 87.0 Å². The zero-order valence-electron chi connectivity index (χ0n) is 7.43. The molecule has 5 heteroatoms. The van der Waals surface area contributed by atoms with Gasteiger partial charge in [-0.15, -0.1) is 12.6 Å². The van der Waals surface area contributed by atoms with Gasteiger partial charge in [-0.3, -0.25) is 0 Å². The van der Waals surface area contributed by atoms with E-state index in [0.717, 1.165) is 0 Å². The number of nitrogens with one attached hydrogen (secondary N) is 1. The van der Waals surface area contributed by atoms with Crippen molar-refractivity contribution in [2.75, 3.05) is 6.61 Å². The number of carbonyl (C=O) groups excluding carboxylic acids is 1. The normalized spacial score (nSPS) is 11.4. The van der Waals surface area contributed by atoms with Crippen LogP contribution in [0.3, 0.4) is 0 Å². The number of H-pyrrole nitrogens is 1. The Morgan fingerprint density at radius 3 is 3.07 bits per heavy atom. The van der Waals surface area contributed by atoms with E-state index < -0.39 is 5.97 Å². The zero-order chi connectivity index (χ0) is 10.4. The summed E-state index contributed by atoms with van der Waals surface area (Å²) in [7, 11) is 0. The van der Waals surface area contributed by atoms with Crippen molar-refractivity contribution in [2.24, 2.45) is 0 Å². The van der Waals surface area contributed by atoms with Crippen molar-refractivity contribution in [1.29, 1.82) is 0 Å². The number of rotatable bonds is 4. The second kappa shape index (κ2) is 5.51. The van der Waals surface area contributed by atoms with Crippen molar-refractivity contribution in [3.8, 4) is 5.88 Å². The van der Waals surface area contributed by atoms with Gasteiger partial charge in [0.05, 0.1) is 4.91 Å². The molecular weight excluding hydrogens is 202 g/mol. The highest BCUT2D eigenvalue weighted by molar-refractivity contribution is 7.85. The number of thiol groups is 1. The molecule has 0 radical (unpaired) electrons. The lowest BCUT2D eigenvalue weighted by atomic mass is 10.4. The molecule has 0 saturated heterocycles. The average Bonchev–Trinajstić information content (AvgIpc) is 2.66. The number of hydrogen-bond acceptors (Lipinski definition) is 4. The van der Waals surface area contributed by atoms with E-state index in [1.807, 2.05) is 0 Å². The van der Waals surface area contributed by atoms with Crippen molar-refractivity contribution >= 4 is 18.6 Å². The summed E-state index contributed by atoms with van der Waals surface area (Å²) in [5.41, 5.74) is 0. The largest absolute Gasteiger partial charge is 0.406 e. The molecule has 1 rings (SSSR count). The molecule has 0 aromatic carbocycles. The fourth-order valence-corrected chi connectivity index (χ4v) is 0.989. The summed E-state index contributed by atoms with van der Waals surface area (Å²) in [6.07, 6.45) is 3.55. The predicted molar refractivity (Wildman–Crippen MR) is 55.2 cm³/mol. The summed E-state index contributed by atoms with van der Waals surface area (Å²) in [6.45, 7) is -0.0140. The second-order valence-corrected chi connectivity index (χ2v) is 3.01. The van der Waals surface area contributed by atoms with Gasteiger partial charge in [0, 0.05) is 18.9 Å². The molecule has 0 spiro atoms. The fourth-order valence-electron chi connectivity index (χ4n) is 0.814. The first-order valence-corrected chi connectivity index (χ1v) is 4.54. The molecule has 4 nitrogen and oxygen atoms in total. The van der Waals surface area contributed by atoms with Crippen LogP contribution in [-0.2, 0) is 4.79 Å². The SMILES string of the molecule is O=C(Oc1ccc[nH]1)C(S)=CCCO. The zero-order valence-corrected chi connectivity index (χ0v) is 8.33. The van der Waals surface area contributed by atoms with Crippen molar-refractivity contribution in [3.05, 3.63) is 29.3 Å². The van der Waals surface area contributed by atoms with E-state index in [2.05, 4.69) is 17.6 Å². The van der Waals surface area contributed by atoms with Crippen LogP contribution in [-0.4, -0.2) is 22.7 Å². The van der Waals surface area contributed by atoms with E-state index in [1.54, 1.807) is 18.3 Å². The van der Waals surface area contributed by atoms with Gasteiger partial charge in [0.2, 0.25) is 5.88 Å². The van der Waals surface area contributed by atoms with Gasteiger partial charge in [-0.05, 0) is 12.5 Å². The molecule has 0 atom stereocenters. The molecule has 0 aliphatic rings. The maximum Gasteiger partial charge on any atom is 0.350 e. The monoisotopic (exact) mass is 213 g/mol. The third-order valence-electron chi connectivity index (χ3n) is 1.45. The molecule has 1 heterocycles. The number of carbonyl (C=O) groups is 1. The topological polar surface area (TPSA) is 62.3 Å². The van der Waals surface area contributed by atoms with Gasteiger partial charge >= 0.3 is 5.97 Å². The Bertz CT molecular complexity index is 319. The maximum absolute atomic E-state index is 11.2. The third-order valence-corrected chi connectivity index (χ3v) is 1.81. The van der Waals surface area contributed by atoms with Crippen LogP contribution in [0.5, 0.6) is 5.88 Å². The highest BCUT2D eigenvalue weighted by Gasteiger charge is 2.07. The number of aromatic amines is 1. The molecule has 1 aromatic rings.